The van der Waals surface area contributed by atoms with E-state index >= 15 is 0 Å². The van der Waals surface area contributed by atoms with Crippen molar-refractivity contribution in [1.82, 2.24) is 14.3 Å². The highest BCUT2D eigenvalue weighted by Crippen LogP contribution is 2.47. The van der Waals surface area contributed by atoms with Crippen LogP contribution in [0.4, 0.5) is 0 Å². The van der Waals surface area contributed by atoms with Crippen LogP contribution in [0.2, 0.25) is 0 Å². The summed E-state index contributed by atoms with van der Waals surface area (Å²) < 4.78 is 2.10. The van der Waals surface area contributed by atoms with E-state index in [-0.39, 0.29) is 11.8 Å². The van der Waals surface area contributed by atoms with Gasteiger partial charge in [0.05, 0.1) is 29.8 Å². The van der Waals surface area contributed by atoms with E-state index in [2.05, 4.69) is 33.7 Å². The highest BCUT2D eigenvalue weighted by Gasteiger charge is 2.34. The normalized spacial score (nSPS) is 22.4. The van der Waals surface area contributed by atoms with Gasteiger partial charge in [-0.2, -0.15) is 0 Å². The molecular formula is C26H31N3O2. The molecule has 0 bridgehead atoms. The smallest absolute Gasteiger partial charge is 0.253 e. The zero-order chi connectivity index (χ0) is 21.5. The second-order valence-electron chi connectivity index (χ2n) is 9.51. The van der Waals surface area contributed by atoms with E-state index in [9.17, 15) is 9.90 Å². The maximum Gasteiger partial charge on any atom is 0.253 e. The highest BCUT2D eigenvalue weighted by molar-refractivity contribution is 5.93. The lowest BCUT2D eigenvalue weighted by Crippen LogP contribution is -2.23. The van der Waals surface area contributed by atoms with Gasteiger partial charge in [-0.15, -0.1) is 0 Å². The molecule has 0 saturated heterocycles. The molecule has 5 nitrogen and oxygen atoms in total. The molecule has 3 aromatic rings. The number of nitrogens with zero attached hydrogens (tertiary/aromatic N) is 3. The summed E-state index contributed by atoms with van der Waals surface area (Å²) in [6.45, 7) is 0. The lowest BCUT2D eigenvalue weighted by molar-refractivity contribution is 0.0754. The molecule has 2 aromatic heterocycles. The number of rotatable bonds is 5. The van der Waals surface area contributed by atoms with E-state index in [1.807, 2.05) is 24.7 Å². The molecule has 2 saturated carbocycles. The van der Waals surface area contributed by atoms with Crippen molar-refractivity contribution in [2.75, 3.05) is 14.1 Å². The molecule has 1 unspecified atom stereocenters. The summed E-state index contributed by atoms with van der Waals surface area (Å²) in [4.78, 5) is 18.1. The second kappa shape index (κ2) is 8.12. The van der Waals surface area contributed by atoms with E-state index in [1.165, 1.54) is 24.0 Å². The summed E-state index contributed by atoms with van der Waals surface area (Å²) >= 11 is 0. The standard InChI is InChI=1S/C26H31N3O2/c1-28(2)26(31)21-11-5-18(6-12-21)17-3-9-20(10-4-17)25(30)24-23(19-7-8-19)14-13-22-15-27-16-29(22)24/h5-6,11-17,19-20,25,30H,3-4,7-10H2,1-2H3. The van der Waals surface area contributed by atoms with E-state index in [0.717, 1.165) is 42.5 Å². The molecule has 31 heavy (non-hydrogen) atoms. The van der Waals surface area contributed by atoms with Crippen molar-refractivity contribution in [3.63, 3.8) is 0 Å². The van der Waals surface area contributed by atoms with Crippen LogP contribution in [0.5, 0.6) is 0 Å². The van der Waals surface area contributed by atoms with Crippen LogP contribution >= 0.6 is 0 Å². The van der Waals surface area contributed by atoms with Gasteiger partial charge >= 0.3 is 0 Å². The number of hydrogen-bond donors (Lipinski definition) is 1. The number of imidazole rings is 1. The maximum absolute atomic E-state index is 12.1. The summed E-state index contributed by atoms with van der Waals surface area (Å²) in [5.41, 5.74) is 5.46. The van der Waals surface area contributed by atoms with Gasteiger partial charge in [-0.3, -0.25) is 4.79 Å². The molecule has 0 aliphatic heterocycles. The Morgan fingerprint density at radius 2 is 1.68 bits per heavy atom. The zero-order valence-corrected chi connectivity index (χ0v) is 18.4. The van der Waals surface area contributed by atoms with Gasteiger partial charge < -0.3 is 14.4 Å². The monoisotopic (exact) mass is 417 g/mol. The summed E-state index contributed by atoms with van der Waals surface area (Å²) in [6.07, 6.45) is 9.88. The first kappa shape index (κ1) is 20.3. The van der Waals surface area contributed by atoms with Gasteiger partial charge in [0.25, 0.3) is 5.91 Å². The number of fused-ring (bicyclic) bond motifs is 1. The topological polar surface area (TPSA) is 57.8 Å². The largest absolute Gasteiger partial charge is 0.387 e. The van der Waals surface area contributed by atoms with Crippen molar-refractivity contribution < 1.29 is 9.90 Å². The van der Waals surface area contributed by atoms with Crippen LogP contribution in [0.1, 0.15) is 83.6 Å². The van der Waals surface area contributed by atoms with E-state index in [0.29, 0.717) is 11.8 Å². The molecule has 162 valence electrons. The average Bonchev–Trinajstić information content (AvgIpc) is 3.54. The Morgan fingerprint density at radius 1 is 1.00 bits per heavy atom. The van der Waals surface area contributed by atoms with E-state index in [1.54, 1.807) is 19.0 Å². The maximum atomic E-state index is 12.1. The predicted octanol–water partition coefficient (Wildman–Crippen LogP) is 4.92. The fraction of sp³-hybridized carbons (Fsp3) is 0.462. The Labute approximate surface area is 183 Å². The number of aromatic nitrogens is 2. The second-order valence-corrected chi connectivity index (χ2v) is 9.51. The average molecular weight is 418 g/mol. The Balaban J connectivity index is 1.30. The minimum atomic E-state index is -0.450. The molecule has 2 aliphatic carbocycles. The minimum absolute atomic E-state index is 0.0403. The summed E-state index contributed by atoms with van der Waals surface area (Å²) in [5, 5.41) is 11.4. The molecule has 2 aliphatic rings. The lowest BCUT2D eigenvalue weighted by atomic mass is 9.75. The highest BCUT2D eigenvalue weighted by atomic mass is 16.3. The van der Waals surface area contributed by atoms with Crippen LogP contribution in [0.15, 0.2) is 48.9 Å². The first-order chi connectivity index (χ1) is 15.0. The number of aliphatic hydroxyl groups excluding tert-OH is 1. The van der Waals surface area contributed by atoms with Crippen LogP contribution in [0.3, 0.4) is 0 Å². The number of amides is 1. The molecule has 5 heteroatoms. The Morgan fingerprint density at radius 3 is 2.32 bits per heavy atom. The molecule has 0 radical (unpaired) electrons. The quantitative estimate of drug-likeness (QED) is 0.641. The molecule has 5 rings (SSSR count). The first-order valence-corrected chi connectivity index (χ1v) is 11.5. The van der Waals surface area contributed by atoms with Gasteiger partial charge in [0, 0.05) is 19.7 Å². The first-order valence-electron chi connectivity index (χ1n) is 11.5. The number of hydrogen-bond acceptors (Lipinski definition) is 3. The molecule has 2 heterocycles. The van der Waals surface area contributed by atoms with Gasteiger partial charge in [-0.25, -0.2) is 4.98 Å². The molecule has 1 aromatic carbocycles. The summed E-state index contributed by atoms with van der Waals surface area (Å²) in [7, 11) is 3.56. The third kappa shape index (κ3) is 3.87. The fourth-order valence-corrected chi connectivity index (χ4v) is 5.23. The number of aliphatic hydroxyl groups is 1. The van der Waals surface area contributed by atoms with Crippen molar-refractivity contribution in [3.8, 4) is 0 Å². The van der Waals surface area contributed by atoms with Crippen LogP contribution in [-0.4, -0.2) is 39.4 Å². The third-order valence-corrected chi connectivity index (χ3v) is 7.21. The van der Waals surface area contributed by atoms with E-state index in [4.69, 9.17) is 0 Å². The Kier molecular flexibility index (Phi) is 5.30. The van der Waals surface area contributed by atoms with Crippen molar-refractivity contribution in [2.45, 2.75) is 56.5 Å². The number of carbonyl (C=O) groups excluding carboxylic acids is 1. The van der Waals surface area contributed by atoms with Gasteiger partial charge in [0.15, 0.2) is 0 Å². The number of pyridine rings is 1. The van der Waals surface area contributed by atoms with Crippen molar-refractivity contribution in [1.29, 1.82) is 0 Å². The summed E-state index contributed by atoms with van der Waals surface area (Å²) in [6, 6.07) is 12.4. The minimum Gasteiger partial charge on any atom is -0.387 e. The van der Waals surface area contributed by atoms with Gasteiger partial charge in [0.1, 0.15) is 0 Å². The lowest BCUT2D eigenvalue weighted by Gasteiger charge is -2.33. The van der Waals surface area contributed by atoms with Crippen LogP contribution < -0.4 is 0 Å². The summed E-state index contributed by atoms with van der Waals surface area (Å²) in [5.74, 6) is 1.41. The Bertz CT molecular complexity index is 1070. The Hall–Kier alpha value is -2.66. The molecule has 0 spiro atoms. The number of carbonyl (C=O) groups is 1. The van der Waals surface area contributed by atoms with Gasteiger partial charge in [-0.1, -0.05) is 18.2 Å². The van der Waals surface area contributed by atoms with Crippen molar-refractivity contribution >= 4 is 11.4 Å². The zero-order valence-electron chi connectivity index (χ0n) is 18.4. The predicted molar refractivity (Wildman–Crippen MR) is 121 cm³/mol. The van der Waals surface area contributed by atoms with Crippen LogP contribution in [0.25, 0.3) is 5.52 Å². The van der Waals surface area contributed by atoms with E-state index < -0.39 is 6.10 Å². The van der Waals surface area contributed by atoms with Crippen LogP contribution in [-0.2, 0) is 0 Å². The molecule has 1 N–H and O–H groups in total. The SMILES string of the molecule is CN(C)C(=O)c1ccc(C2CCC(C(O)c3c(C4CC4)ccc4cncn34)CC2)cc1. The van der Waals surface area contributed by atoms with Crippen LogP contribution in [0, 0.1) is 5.92 Å². The van der Waals surface area contributed by atoms with Gasteiger partial charge in [0.2, 0.25) is 0 Å². The molecule has 1 amide bonds. The third-order valence-electron chi connectivity index (χ3n) is 7.21. The molecule has 2 fully saturated rings. The van der Waals surface area contributed by atoms with Crippen molar-refractivity contribution in [2.24, 2.45) is 5.92 Å². The fourth-order valence-electron chi connectivity index (χ4n) is 5.23. The van der Waals surface area contributed by atoms with Gasteiger partial charge in [-0.05, 0) is 85.6 Å². The number of benzene rings is 1. The van der Waals surface area contributed by atoms with Crippen molar-refractivity contribution in [3.05, 3.63) is 71.3 Å². The molecule has 1 atom stereocenters. The molecular weight excluding hydrogens is 386 g/mol.